The molecule has 0 spiro atoms. The summed E-state index contributed by atoms with van der Waals surface area (Å²) in [5.74, 6) is -2.39. The number of carbonyl (C=O) groups is 2. The Bertz CT molecular complexity index is 1980. The number of nitrogens with zero attached hydrogens (tertiary/aromatic N) is 4. The number of methoxy groups -OCH3 is 1. The molecule has 1 aromatic heterocycles. The van der Waals surface area contributed by atoms with Gasteiger partial charge in [-0.2, -0.15) is 0 Å². The molecule has 0 bridgehead atoms. The first-order chi connectivity index (χ1) is 20.7. The average Bonchev–Trinajstić information content (AvgIpc) is 3.38. The van der Waals surface area contributed by atoms with Crippen LogP contribution in [0.4, 0.5) is 5.69 Å². The van der Waals surface area contributed by atoms with Crippen LogP contribution in [0.25, 0.3) is 0 Å². The first-order valence-corrected chi connectivity index (χ1v) is 14.2. The minimum atomic E-state index is -1.42. The zero-order valence-corrected chi connectivity index (χ0v) is 24.1. The minimum Gasteiger partial charge on any atom is -0.504 e. The molecule has 1 aliphatic carbocycles. The molecule has 10 nitrogen and oxygen atoms in total. The van der Waals surface area contributed by atoms with Crippen molar-refractivity contribution < 1.29 is 19.4 Å². The number of phenols is 1. The largest absolute Gasteiger partial charge is 0.504 e. The molecule has 4 aromatic rings. The van der Waals surface area contributed by atoms with Crippen LogP contribution < -0.4 is 21.0 Å². The number of benzene rings is 3. The highest BCUT2D eigenvalue weighted by atomic mass is 35.5. The second-order valence-corrected chi connectivity index (χ2v) is 11.6. The molecule has 1 saturated carbocycles. The van der Waals surface area contributed by atoms with E-state index < -0.39 is 46.5 Å². The van der Waals surface area contributed by atoms with Crippen LogP contribution in [0.5, 0.6) is 11.5 Å². The summed E-state index contributed by atoms with van der Waals surface area (Å²) in [6.07, 6.45) is 1.99. The molecule has 3 heterocycles. The van der Waals surface area contributed by atoms with Crippen molar-refractivity contribution in [3.05, 3.63) is 122 Å². The fourth-order valence-electron chi connectivity index (χ4n) is 7.36. The van der Waals surface area contributed by atoms with Crippen LogP contribution in [-0.4, -0.2) is 38.0 Å². The number of imide groups is 1. The fraction of sp³-hybridized carbons (Fsp3) is 0.250. The van der Waals surface area contributed by atoms with Gasteiger partial charge in [-0.25, -0.2) is 28.4 Å². The van der Waals surface area contributed by atoms with Gasteiger partial charge in [0, 0.05) is 18.0 Å². The smallest absolute Gasteiger partial charge is 0.347 e. The summed E-state index contributed by atoms with van der Waals surface area (Å²) in [6, 6.07) is 20.0. The van der Waals surface area contributed by atoms with E-state index in [1.165, 1.54) is 34.5 Å². The highest BCUT2D eigenvalue weighted by Gasteiger charge is 2.68. The van der Waals surface area contributed by atoms with Gasteiger partial charge in [-0.15, -0.1) is 0 Å². The molecule has 11 heteroatoms. The lowest BCUT2D eigenvalue weighted by molar-refractivity contribution is -0.124. The van der Waals surface area contributed by atoms with Gasteiger partial charge < -0.3 is 9.84 Å². The van der Waals surface area contributed by atoms with E-state index in [1.54, 1.807) is 36.4 Å². The number of allylic oxidation sites excluding steroid dienone is 2. The second-order valence-electron chi connectivity index (χ2n) is 11.1. The number of aromatic nitrogens is 3. The highest BCUT2D eigenvalue weighted by Crippen LogP contribution is 2.62. The van der Waals surface area contributed by atoms with Gasteiger partial charge in [0.15, 0.2) is 11.5 Å². The third kappa shape index (κ3) is 3.59. The third-order valence-corrected chi connectivity index (χ3v) is 9.39. The summed E-state index contributed by atoms with van der Waals surface area (Å²) in [7, 11) is 2.86. The van der Waals surface area contributed by atoms with Gasteiger partial charge in [-0.05, 0) is 53.5 Å². The van der Waals surface area contributed by atoms with E-state index in [2.05, 4.69) is 0 Å². The van der Waals surface area contributed by atoms with Crippen molar-refractivity contribution >= 4 is 29.1 Å². The van der Waals surface area contributed by atoms with E-state index in [0.717, 1.165) is 10.1 Å². The molecule has 3 aromatic carbocycles. The van der Waals surface area contributed by atoms with Gasteiger partial charge >= 0.3 is 11.4 Å². The summed E-state index contributed by atoms with van der Waals surface area (Å²) in [4.78, 5) is 57.2. The molecule has 2 aliphatic heterocycles. The van der Waals surface area contributed by atoms with Crippen LogP contribution in [0.2, 0.25) is 5.02 Å². The fourth-order valence-corrected chi connectivity index (χ4v) is 7.55. The van der Waals surface area contributed by atoms with Crippen LogP contribution in [0, 0.1) is 5.92 Å². The summed E-state index contributed by atoms with van der Waals surface area (Å²) in [6.45, 7) is 0.113. The number of rotatable bonds is 4. The van der Waals surface area contributed by atoms with Gasteiger partial charge in [0.25, 0.3) is 0 Å². The van der Waals surface area contributed by atoms with Crippen LogP contribution in [0.15, 0.2) is 94.0 Å². The zero-order valence-electron chi connectivity index (χ0n) is 23.3. The Balaban J connectivity index is 1.56. The number of halogens is 1. The Morgan fingerprint density at radius 2 is 1.72 bits per heavy atom. The highest BCUT2D eigenvalue weighted by molar-refractivity contribution is 6.32. The number of hydrogen-bond donors (Lipinski definition) is 1. The van der Waals surface area contributed by atoms with E-state index in [1.807, 2.05) is 36.4 Å². The molecule has 1 saturated heterocycles. The lowest BCUT2D eigenvalue weighted by Crippen LogP contribution is -2.53. The van der Waals surface area contributed by atoms with Crippen LogP contribution in [0.1, 0.15) is 29.5 Å². The van der Waals surface area contributed by atoms with Crippen molar-refractivity contribution in [3.63, 3.8) is 0 Å². The Hall–Kier alpha value is -4.83. The van der Waals surface area contributed by atoms with Crippen LogP contribution in [0.3, 0.4) is 0 Å². The Morgan fingerprint density at radius 3 is 2.44 bits per heavy atom. The van der Waals surface area contributed by atoms with Crippen molar-refractivity contribution in [3.8, 4) is 11.5 Å². The summed E-state index contributed by atoms with van der Waals surface area (Å²) in [5, 5.41) is 10.9. The van der Waals surface area contributed by atoms with Crippen LogP contribution in [-0.2, 0) is 28.6 Å². The lowest BCUT2D eigenvalue weighted by atomic mass is 9.53. The zero-order chi connectivity index (χ0) is 30.2. The lowest BCUT2D eigenvalue weighted by Gasteiger charge is -2.49. The van der Waals surface area contributed by atoms with Crippen molar-refractivity contribution in [2.45, 2.75) is 30.3 Å². The molecular weight excluding hydrogens is 572 g/mol. The Labute approximate surface area is 250 Å². The first kappa shape index (κ1) is 27.0. The van der Waals surface area contributed by atoms with Crippen molar-refractivity contribution in [2.24, 2.45) is 13.0 Å². The maximum atomic E-state index is 15.1. The normalized spacial score (nSPS) is 24.3. The third-order valence-electron chi connectivity index (χ3n) is 9.16. The molecule has 0 unspecified atom stereocenters. The maximum absolute atomic E-state index is 15.1. The molecule has 3 aliphatic rings. The van der Waals surface area contributed by atoms with Crippen molar-refractivity contribution in [1.82, 2.24) is 13.9 Å². The van der Waals surface area contributed by atoms with Gasteiger partial charge in [0.05, 0.1) is 36.7 Å². The van der Waals surface area contributed by atoms with E-state index in [-0.39, 0.29) is 24.5 Å². The predicted molar refractivity (Wildman–Crippen MR) is 159 cm³/mol. The van der Waals surface area contributed by atoms with E-state index >= 15 is 4.79 Å². The number of hydrogen-bond acceptors (Lipinski definition) is 6. The maximum Gasteiger partial charge on any atom is 0.347 e. The quantitative estimate of drug-likeness (QED) is 0.284. The van der Waals surface area contributed by atoms with Crippen molar-refractivity contribution in [2.75, 3.05) is 12.0 Å². The number of phenolic OH excluding ortho intramolecular Hbond substituents is 1. The number of amides is 2. The predicted octanol–water partition coefficient (Wildman–Crippen LogP) is 3.51. The Morgan fingerprint density at radius 1 is 0.953 bits per heavy atom. The number of fused-ring (bicyclic) bond motifs is 4. The molecule has 218 valence electrons. The SMILES string of the molecule is COc1cc([C@H]2C3=CCn4c(=O)n(C)c(=O)n4[C@@H]3C[C@H]3C(=O)N(c4cccc(Cl)c4)C(=O)[C@@]23c2ccccc2)ccc1O. The van der Waals surface area contributed by atoms with Gasteiger partial charge in [0.2, 0.25) is 11.8 Å². The average molecular weight is 599 g/mol. The van der Waals surface area contributed by atoms with Crippen molar-refractivity contribution in [1.29, 1.82) is 0 Å². The molecule has 2 amide bonds. The molecule has 4 atom stereocenters. The Kier molecular flexibility index (Phi) is 6.04. The molecule has 43 heavy (non-hydrogen) atoms. The van der Waals surface area contributed by atoms with Gasteiger partial charge in [-0.3, -0.25) is 9.59 Å². The minimum absolute atomic E-state index is 0.0796. The summed E-state index contributed by atoms with van der Waals surface area (Å²) >= 11 is 6.32. The second kappa shape index (κ2) is 9.60. The number of ether oxygens (including phenoxy) is 1. The van der Waals surface area contributed by atoms with E-state index in [0.29, 0.717) is 21.8 Å². The standard InChI is InChI=1S/C32H27ClN4O6/c1-34-30(41)35-14-13-22-24(37(35)31(34)42)17-23-28(39)36(21-10-6-9-20(33)16-21)29(40)32(23,19-7-4-3-5-8-19)27(22)18-11-12-25(38)26(15-18)43-2/h3-13,15-16,23-24,27,38H,14,17H2,1-2H3/t23-,24+,27-,32+/m0/s1. The molecule has 2 fully saturated rings. The van der Waals surface area contributed by atoms with E-state index in [9.17, 15) is 19.5 Å². The number of anilines is 1. The first-order valence-electron chi connectivity index (χ1n) is 13.8. The molecule has 7 rings (SSSR count). The van der Waals surface area contributed by atoms with Gasteiger partial charge in [0.1, 0.15) is 0 Å². The van der Waals surface area contributed by atoms with Crippen LogP contribution >= 0.6 is 11.6 Å². The summed E-state index contributed by atoms with van der Waals surface area (Å²) in [5.41, 5.74) is -0.0485. The molecule has 1 N–H and O–H groups in total. The number of aromatic hydroxyl groups is 1. The topological polar surface area (TPSA) is 116 Å². The number of carbonyl (C=O) groups excluding carboxylic acids is 2. The van der Waals surface area contributed by atoms with E-state index in [4.69, 9.17) is 16.3 Å². The molecular formula is C32H27ClN4O6. The summed E-state index contributed by atoms with van der Waals surface area (Å²) < 4.78 is 9.29. The van der Waals surface area contributed by atoms with Gasteiger partial charge in [-0.1, -0.05) is 60.1 Å². The monoisotopic (exact) mass is 598 g/mol. The molecule has 0 radical (unpaired) electrons.